The number of ether oxygens (including phenoxy) is 1. The first-order chi connectivity index (χ1) is 14.0. The van der Waals surface area contributed by atoms with E-state index in [2.05, 4.69) is 37.5 Å². The van der Waals surface area contributed by atoms with Crippen LogP contribution in [0.15, 0.2) is 45.3 Å². The SMILES string of the molecule is CCn1c(SCC(=O)Nc2sccc2C#N)nnc1C(C)Oc1ccc(Br)cc1. The number of hydrogen-bond acceptors (Lipinski definition) is 7. The number of benzene rings is 1. The maximum Gasteiger partial charge on any atom is 0.235 e. The van der Waals surface area contributed by atoms with Gasteiger partial charge >= 0.3 is 0 Å². The summed E-state index contributed by atoms with van der Waals surface area (Å²) >= 11 is 6.03. The molecule has 0 aliphatic carbocycles. The zero-order valence-electron chi connectivity index (χ0n) is 15.8. The van der Waals surface area contributed by atoms with E-state index in [9.17, 15) is 4.79 Å². The second-order valence-corrected chi connectivity index (χ2v) is 8.69. The number of carbonyl (C=O) groups is 1. The van der Waals surface area contributed by atoms with Gasteiger partial charge in [-0.3, -0.25) is 4.79 Å². The number of halogens is 1. The number of nitrogens with zero attached hydrogens (tertiary/aromatic N) is 4. The van der Waals surface area contributed by atoms with Crippen molar-refractivity contribution in [1.82, 2.24) is 14.8 Å². The van der Waals surface area contributed by atoms with E-state index in [1.165, 1.54) is 23.1 Å². The molecule has 1 aromatic carbocycles. The molecule has 0 bridgehead atoms. The van der Waals surface area contributed by atoms with E-state index in [0.717, 1.165) is 10.2 Å². The molecule has 7 nitrogen and oxygen atoms in total. The van der Waals surface area contributed by atoms with E-state index in [0.29, 0.717) is 28.1 Å². The molecule has 0 fully saturated rings. The number of anilines is 1. The molecule has 1 unspecified atom stereocenters. The molecule has 1 atom stereocenters. The maximum absolute atomic E-state index is 12.2. The molecule has 0 spiro atoms. The molecule has 150 valence electrons. The van der Waals surface area contributed by atoms with E-state index in [-0.39, 0.29) is 17.8 Å². The molecule has 0 aliphatic rings. The molecule has 0 aliphatic heterocycles. The van der Waals surface area contributed by atoms with E-state index >= 15 is 0 Å². The fourth-order valence-electron chi connectivity index (χ4n) is 2.56. The molecule has 2 heterocycles. The summed E-state index contributed by atoms with van der Waals surface area (Å²) in [6, 6.07) is 11.3. The van der Waals surface area contributed by atoms with Gasteiger partial charge in [0.2, 0.25) is 5.91 Å². The molecular weight excluding hydrogens is 474 g/mol. The zero-order chi connectivity index (χ0) is 20.8. The topological polar surface area (TPSA) is 92.8 Å². The van der Waals surface area contributed by atoms with Gasteiger partial charge in [-0.1, -0.05) is 27.7 Å². The summed E-state index contributed by atoms with van der Waals surface area (Å²) in [5.41, 5.74) is 0.464. The summed E-state index contributed by atoms with van der Waals surface area (Å²) in [5, 5.41) is 23.3. The van der Waals surface area contributed by atoms with Gasteiger partial charge < -0.3 is 14.6 Å². The lowest BCUT2D eigenvalue weighted by Crippen LogP contribution is -2.15. The van der Waals surface area contributed by atoms with Crippen molar-refractivity contribution in [2.24, 2.45) is 0 Å². The van der Waals surface area contributed by atoms with Crippen LogP contribution in [-0.4, -0.2) is 26.4 Å². The van der Waals surface area contributed by atoms with E-state index in [1.54, 1.807) is 11.4 Å². The number of thiophene rings is 1. The van der Waals surface area contributed by atoms with E-state index < -0.39 is 0 Å². The second-order valence-electron chi connectivity index (χ2n) is 5.91. The molecule has 0 saturated carbocycles. The highest BCUT2D eigenvalue weighted by molar-refractivity contribution is 9.10. The number of carbonyl (C=O) groups excluding carboxylic acids is 1. The van der Waals surface area contributed by atoms with E-state index in [1.807, 2.05) is 42.7 Å². The summed E-state index contributed by atoms with van der Waals surface area (Å²) in [6.45, 7) is 4.57. The number of rotatable bonds is 8. The van der Waals surface area contributed by atoms with Crippen LogP contribution in [0.4, 0.5) is 5.00 Å². The number of thioether (sulfide) groups is 1. The number of hydrogen-bond donors (Lipinski definition) is 1. The Labute approximate surface area is 185 Å². The van der Waals surface area contributed by atoms with Crippen LogP contribution >= 0.6 is 39.0 Å². The Morgan fingerprint density at radius 2 is 2.14 bits per heavy atom. The second kappa shape index (κ2) is 9.91. The number of amides is 1. The van der Waals surface area contributed by atoms with Gasteiger partial charge in [0.25, 0.3) is 0 Å². The van der Waals surface area contributed by atoms with Crippen LogP contribution < -0.4 is 10.1 Å². The van der Waals surface area contributed by atoms with Crippen molar-refractivity contribution in [2.75, 3.05) is 11.1 Å². The van der Waals surface area contributed by atoms with Crippen LogP contribution in [0, 0.1) is 11.3 Å². The van der Waals surface area contributed by atoms with Crippen molar-refractivity contribution < 1.29 is 9.53 Å². The Bertz CT molecular complexity index is 1030. The molecule has 10 heteroatoms. The standard InChI is InChI=1S/C19H18BrN5O2S2/c1-3-25-17(12(2)27-15-6-4-14(20)5-7-15)23-24-19(25)29-11-16(26)22-18-13(10-21)8-9-28-18/h4-9,12H,3,11H2,1-2H3,(H,22,26). The van der Waals surface area contributed by atoms with Crippen LogP contribution in [0.1, 0.15) is 31.3 Å². The molecule has 1 amide bonds. The molecule has 29 heavy (non-hydrogen) atoms. The minimum Gasteiger partial charge on any atom is -0.483 e. The van der Waals surface area contributed by atoms with Crippen LogP contribution in [0.2, 0.25) is 0 Å². The smallest absolute Gasteiger partial charge is 0.235 e. The summed E-state index contributed by atoms with van der Waals surface area (Å²) in [4.78, 5) is 12.2. The third kappa shape index (κ3) is 5.38. The molecular formula is C19H18BrN5O2S2. The van der Waals surface area contributed by atoms with Crippen LogP contribution in [0.25, 0.3) is 0 Å². The van der Waals surface area contributed by atoms with Crippen molar-refractivity contribution >= 4 is 49.9 Å². The highest BCUT2D eigenvalue weighted by atomic mass is 79.9. The van der Waals surface area contributed by atoms with Crippen molar-refractivity contribution in [3.8, 4) is 11.8 Å². The number of aromatic nitrogens is 3. The molecule has 3 aromatic rings. The van der Waals surface area contributed by atoms with Crippen molar-refractivity contribution in [1.29, 1.82) is 5.26 Å². The third-order valence-electron chi connectivity index (χ3n) is 3.92. The lowest BCUT2D eigenvalue weighted by atomic mass is 10.3. The van der Waals surface area contributed by atoms with Crippen LogP contribution in [0.5, 0.6) is 5.75 Å². The average molecular weight is 492 g/mol. The quantitative estimate of drug-likeness (QED) is 0.452. The summed E-state index contributed by atoms with van der Waals surface area (Å²) in [6.07, 6.45) is -0.295. The summed E-state index contributed by atoms with van der Waals surface area (Å²) < 4.78 is 8.89. The van der Waals surface area contributed by atoms with Gasteiger partial charge in [-0.05, 0) is 49.6 Å². The van der Waals surface area contributed by atoms with Gasteiger partial charge in [0.05, 0.1) is 11.3 Å². The van der Waals surface area contributed by atoms with Gasteiger partial charge in [0, 0.05) is 11.0 Å². The first-order valence-electron chi connectivity index (χ1n) is 8.77. The lowest BCUT2D eigenvalue weighted by molar-refractivity contribution is -0.113. The normalized spacial score (nSPS) is 11.7. The Kier molecular flexibility index (Phi) is 7.30. The minimum absolute atomic E-state index is 0.169. The number of nitrogens with one attached hydrogen (secondary N) is 1. The van der Waals surface area contributed by atoms with Crippen molar-refractivity contribution in [2.45, 2.75) is 31.7 Å². The van der Waals surface area contributed by atoms with E-state index in [4.69, 9.17) is 10.00 Å². The Morgan fingerprint density at radius 3 is 2.83 bits per heavy atom. The fraction of sp³-hybridized carbons (Fsp3) is 0.263. The van der Waals surface area contributed by atoms with Gasteiger partial charge in [-0.15, -0.1) is 21.5 Å². The average Bonchev–Trinajstić information content (AvgIpc) is 3.34. The Morgan fingerprint density at radius 1 is 1.38 bits per heavy atom. The molecule has 1 N–H and O–H groups in total. The highest BCUT2D eigenvalue weighted by Crippen LogP contribution is 2.26. The molecule has 0 saturated heterocycles. The number of nitriles is 1. The Hall–Kier alpha value is -2.35. The zero-order valence-corrected chi connectivity index (χ0v) is 19.0. The van der Waals surface area contributed by atoms with Crippen molar-refractivity contribution in [3.05, 3.63) is 51.6 Å². The monoisotopic (exact) mass is 491 g/mol. The first kappa shape index (κ1) is 21.4. The summed E-state index contributed by atoms with van der Waals surface area (Å²) in [5.74, 6) is 1.41. The van der Waals surface area contributed by atoms with Gasteiger partial charge in [0.1, 0.15) is 16.8 Å². The highest BCUT2D eigenvalue weighted by Gasteiger charge is 2.19. The molecule has 0 radical (unpaired) electrons. The van der Waals surface area contributed by atoms with Crippen molar-refractivity contribution in [3.63, 3.8) is 0 Å². The van der Waals surface area contributed by atoms with Gasteiger partial charge in [0.15, 0.2) is 17.1 Å². The molecule has 3 rings (SSSR count). The maximum atomic E-state index is 12.2. The largest absolute Gasteiger partial charge is 0.483 e. The fourth-order valence-corrected chi connectivity index (χ4v) is 4.39. The third-order valence-corrected chi connectivity index (χ3v) is 6.25. The lowest BCUT2D eigenvalue weighted by Gasteiger charge is -2.15. The predicted molar refractivity (Wildman–Crippen MR) is 117 cm³/mol. The van der Waals surface area contributed by atoms with Gasteiger partial charge in [-0.2, -0.15) is 5.26 Å². The summed E-state index contributed by atoms with van der Waals surface area (Å²) in [7, 11) is 0. The van der Waals surface area contributed by atoms with Crippen LogP contribution in [0.3, 0.4) is 0 Å². The Balaban J connectivity index is 1.63. The van der Waals surface area contributed by atoms with Crippen LogP contribution in [-0.2, 0) is 11.3 Å². The molecule has 2 aromatic heterocycles. The van der Waals surface area contributed by atoms with Gasteiger partial charge in [-0.25, -0.2) is 0 Å². The minimum atomic E-state index is -0.295. The predicted octanol–water partition coefficient (Wildman–Crippen LogP) is 4.86. The first-order valence-corrected chi connectivity index (χ1v) is 11.4.